The van der Waals surface area contributed by atoms with E-state index in [0.717, 1.165) is 28.5 Å². The predicted octanol–water partition coefficient (Wildman–Crippen LogP) is 6.34. The van der Waals surface area contributed by atoms with Crippen molar-refractivity contribution in [2.45, 2.75) is 32.2 Å². The molecule has 1 aliphatic rings. The molecule has 10 heteroatoms. The zero-order chi connectivity index (χ0) is 29.8. The molecule has 1 aliphatic heterocycles. The van der Waals surface area contributed by atoms with Crippen molar-refractivity contribution in [2.75, 3.05) is 7.05 Å². The summed E-state index contributed by atoms with van der Waals surface area (Å²) in [5.74, 6) is -0.442. The summed E-state index contributed by atoms with van der Waals surface area (Å²) in [6.07, 6.45) is 6.21. The number of fused-ring (bicyclic) bond motifs is 2. The van der Waals surface area contributed by atoms with Crippen LogP contribution >= 0.6 is 23.2 Å². The molecule has 2 atom stereocenters. The number of hydrogen-bond acceptors (Lipinski definition) is 6. The Hall–Kier alpha value is -4.27. The van der Waals surface area contributed by atoms with Crippen molar-refractivity contribution >= 4 is 41.0 Å². The van der Waals surface area contributed by atoms with Crippen molar-refractivity contribution in [3.05, 3.63) is 111 Å². The topological polar surface area (TPSA) is 113 Å². The second-order valence-corrected chi connectivity index (χ2v) is 11.1. The van der Waals surface area contributed by atoms with Crippen molar-refractivity contribution in [1.29, 1.82) is 5.41 Å². The largest absolute Gasteiger partial charge is 0.386 e. The van der Waals surface area contributed by atoms with Gasteiger partial charge in [0, 0.05) is 52.6 Å². The van der Waals surface area contributed by atoms with Crippen molar-refractivity contribution in [1.82, 2.24) is 25.2 Å². The number of nitrogens with one attached hydrogen (secondary N) is 3. The molecule has 2 aromatic carbocycles. The van der Waals surface area contributed by atoms with Crippen LogP contribution in [0.5, 0.6) is 0 Å². The molecule has 8 nitrogen and oxygen atoms in total. The number of carbonyl (C=O) groups is 1. The molecule has 2 aromatic heterocycles. The lowest BCUT2D eigenvalue weighted by atomic mass is 9.96. The van der Waals surface area contributed by atoms with Gasteiger partial charge in [-0.25, -0.2) is 4.98 Å². The molecule has 42 heavy (non-hydrogen) atoms. The molecular weight excluding hydrogens is 571 g/mol. The Balaban J connectivity index is 1.60. The third-order valence-corrected chi connectivity index (χ3v) is 7.93. The second-order valence-electron chi connectivity index (χ2n) is 10.2. The van der Waals surface area contributed by atoms with Gasteiger partial charge in [-0.15, -0.1) is 0 Å². The van der Waals surface area contributed by atoms with E-state index < -0.39 is 6.04 Å². The Morgan fingerprint density at radius 1 is 0.976 bits per heavy atom. The first-order chi connectivity index (χ1) is 20.3. The number of halogens is 2. The molecule has 0 saturated heterocycles. The van der Waals surface area contributed by atoms with Gasteiger partial charge in [0.15, 0.2) is 0 Å². The van der Waals surface area contributed by atoms with Crippen LogP contribution in [0.4, 0.5) is 0 Å². The minimum absolute atomic E-state index is 0.159. The average Bonchev–Trinajstić information content (AvgIpc) is 2.99. The number of aromatic nitrogens is 3. The Morgan fingerprint density at radius 3 is 2.52 bits per heavy atom. The predicted molar refractivity (Wildman–Crippen MR) is 168 cm³/mol. The molecule has 2 unspecified atom stereocenters. The molecular formula is C32H30Cl2N6O2. The molecule has 0 spiro atoms. The van der Waals surface area contributed by atoms with Gasteiger partial charge in [0.25, 0.3) is 5.56 Å². The van der Waals surface area contributed by atoms with E-state index in [4.69, 9.17) is 33.6 Å². The summed E-state index contributed by atoms with van der Waals surface area (Å²) in [5, 5.41) is 15.0. The van der Waals surface area contributed by atoms with E-state index >= 15 is 0 Å². The van der Waals surface area contributed by atoms with Gasteiger partial charge in [0.1, 0.15) is 0 Å². The Labute approximate surface area is 254 Å². The maximum Gasteiger partial charge on any atom is 0.254 e. The minimum Gasteiger partial charge on any atom is -0.386 e. The van der Waals surface area contributed by atoms with Gasteiger partial charge in [-0.05, 0) is 60.4 Å². The molecule has 0 radical (unpaired) electrons. The van der Waals surface area contributed by atoms with E-state index in [-0.39, 0.29) is 17.4 Å². The van der Waals surface area contributed by atoms with Crippen LogP contribution in [-0.2, 0) is 4.79 Å². The highest BCUT2D eigenvalue weighted by molar-refractivity contribution is 6.31. The summed E-state index contributed by atoms with van der Waals surface area (Å²) >= 11 is 12.6. The van der Waals surface area contributed by atoms with Crippen molar-refractivity contribution < 1.29 is 4.79 Å². The summed E-state index contributed by atoms with van der Waals surface area (Å²) in [5.41, 5.74) is 5.08. The highest BCUT2D eigenvalue weighted by Gasteiger charge is 2.23. The number of rotatable bonds is 5. The first-order valence-corrected chi connectivity index (χ1v) is 14.4. The Morgan fingerprint density at radius 2 is 1.79 bits per heavy atom. The minimum atomic E-state index is -0.415. The van der Waals surface area contributed by atoms with Crippen molar-refractivity contribution in [3.8, 4) is 22.4 Å². The molecule has 5 rings (SSSR count). The van der Waals surface area contributed by atoms with E-state index in [2.05, 4.69) is 15.6 Å². The van der Waals surface area contributed by atoms with Crippen LogP contribution in [0.1, 0.15) is 43.5 Å². The fraction of sp³-hybridized carbons (Fsp3) is 0.219. The first-order valence-electron chi connectivity index (χ1n) is 13.6. The van der Waals surface area contributed by atoms with Crippen LogP contribution in [-0.4, -0.2) is 33.7 Å². The lowest BCUT2D eigenvalue weighted by molar-refractivity contribution is -0.123. The van der Waals surface area contributed by atoms with Crippen LogP contribution in [0.15, 0.2) is 83.7 Å². The smallest absolute Gasteiger partial charge is 0.254 e. The number of benzene rings is 2. The zero-order valence-electron chi connectivity index (χ0n) is 23.2. The van der Waals surface area contributed by atoms with Crippen LogP contribution < -0.4 is 16.2 Å². The van der Waals surface area contributed by atoms with Gasteiger partial charge < -0.3 is 16.0 Å². The van der Waals surface area contributed by atoms with E-state index in [0.29, 0.717) is 52.1 Å². The van der Waals surface area contributed by atoms with Crippen LogP contribution in [0.25, 0.3) is 28.1 Å². The van der Waals surface area contributed by atoms with Gasteiger partial charge in [0.2, 0.25) is 5.91 Å². The molecule has 0 fully saturated rings. The quantitative estimate of drug-likeness (QED) is 0.231. The zero-order valence-corrected chi connectivity index (χ0v) is 24.7. The number of pyridine rings is 1. The van der Waals surface area contributed by atoms with E-state index in [1.165, 1.54) is 6.07 Å². The maximum atomic E-state index is 13.7. The van der Waals surface area contributed by atoms with Crippen LogP contribution in [0.2, 0.25) is 10.0 Å². The lowest BCUT2D eigenvalue weighted by Gasteiger charge is -2.23. The molecule has 0 aliphatic carbocycles. The number of nitrogens with zero attached hydrogens (tertiary/aromatic N) is 3. The SMILES string of the molecule is CN/C1=C(\C=N)NC(=O)C(C)CCCC(n2cnc(-c3cc(Cl)ccc3-c3cccc(Cl)c3)cc2=O)c2cc1ccn2. The number of allylic oxidation sites excluding steroid dienone is 1. The first kappa shape index (κ1) is 29.2. The third kappa shape index (κ3) is 6.15. The highest BCUT2D eigenvalue weighted by atomic mass is 35.5. The number of carbonyl (C=O) groups excluding carboxylic acids is 1. The van der Waals surface area contributed by atoms with E-state index in [1.807, 2.05) is 37.3 Å². The van der Waals surface area contributed by atoms with Gasteiger partial charge in [-0.1, -0.05) is 54.7 Å². The van der Waals surface area contributed by atoms with Gasteiger partial charge >= 0.3 is 0 Å². The molecule has 4 aromatic rings. The summed E-state index contributed by atoms with van der Waals surface area (Å²) in [4.78, 5) is 35.9. The standard InChI is InChI=1S/C32H30Cl2N6O2/c1-19-5-3-8-29(27-14-21(11-12-37-27)31(36-2)28(17-35)39-32(19)42)40-18-38-26(16-30(40)41)25-15-23(34)9-10-24(25)20-6-4-7-22(33)13-20/h4,6-7,9-19,29,35-36H,3,5,8H2,1-2H3,(H,39,42)/b31-28+,35-17?. The molecule has 0 saturated carbocycles. The highest BCUT2D eigenvalue weighted by Crippen LogP contribution is 2.34. The molecule has 214 valence electrons. The van der Waals surface area contributed by atoms with Gasteiger partial charge in [-0.3, -0.25) is 19.1 Å². The molecule has 3 N–H and O–H groups in total. The average molecular weight is 602 g/mol. The third-order valence-electron chi connectivity index (χ3n) is 7.46. The molecule has 3 heterocycles. The van der Waals surface area contributed by atoms with Crippen LogP contribution in [0, 0.1) is 11.3 Å². The van der Waals surface area contributed by atoms with Crippen molar-refractivity contribution in [2.24, 2.45) is 5.92 Å². The monoisotopic (exact) mass is 600 g/mol. The Bertz CT molecular complexity index is 1750. The fourth-order valence-corrected chi connectivity index (χ4v) is 5.62. The Kier molecular flexibility index (Phi) is 8.85. The van der Waals surface area contributed by atoms with E-state index in [9.17, 15) is 9.59 Å². The number of amides is 1. The number of hydrogen-bond donors (Lipinski definition) is 3. The van der Waals surface area contributed by atoms with Crippen molar-refractivity contribution in [3.63, 3.8) is 0 Å². The normalized spacial score (nSPS) is 19.3. The lowest BCUT2D eigenvalue weighted by Crippen LogP contribution is -2.32. The van der Waals surface area contributed by atoms with Crippen LogP contribution in [0.3, 0.4) is 0 Å². The summed E-state index contributed by atoms with van der Waals surface area (Å²) in [6.45, 7) is 1.86. The molecule has 2 bridgehead atoms. The van der Waals surface area contributed by atoms with Gasteiger partial charge in [-0.2, -0.15) is 0 Å². The van der Waals surface area contributed by atoms with Gasteiger partial charge in [0.05, 0.1) is 35.2 Å². The summed E-state index contributed by atoms with van der Waals surface area (Å²) in [7, 11) is 1.73. The van der Waals surface area contributed by atoms with E-state index in [1.54, 1.807) is 48.4 Å². The summed E-state index contributed by atoms with van der Waals surface area (Å²) < 4.78 is 1.59. The molecule has 1 amide bonds. The fourth-order valence-electron chi connectivity index (χ4n) is 5.25. The second kappa shape index (κ2) is 12.7. The summed E-state index contributed by atoms with van der Waals surface area (Å²) in [6, 6.07) is 17.8. The maximum absolute atomic E-state index is 13.7.